The fourth-order valence-corrected chi connectivity index (χ4v) is 5.82. The molecular weight excluding hydrogens is 362 g/mol. The molecule has 3 rings (SSSR count). The van der Waals surface area contributed by atoms with Crippen molar-refractivity contribution < 1.29 is 15.0 Å². The van der Waals surface area contributed by atoms with Crippen molar-refractivity contribution in [2.75, 3.05) is 14.1 Å². The van der Waals surface area contributed by atoms with E-state index in [0.717, 1.165) is 44.9 Å². The quantitative estimate of drug-likeness (QED) is 0.441. The third kappa shape index (κ3) is 5.73. The van der Waals surface area contributed by atoms with Crippen molar-refractivity contribution in [1.82, 2.24) is 4.90 Å². The van der Waals surface area contributed by atoms with Crippen molar-refractivity contribution >= 4 is 5.91 Å². The van der Waals surface area contributed by atoms with Gasteiger partial charge < -0.3 is 15.1 Å². The summed E-state index contributed by atoms with van der Waals surface area (Å²) in [5.74, 6) is 1.85. The van der Waals surface area contributed by atoms with Gasteiger partial charge in [0.15, 0.2) is 0 Å². The topological polar surface area (TPSA) is 60.8 Å². The van der Waals surface area contributed by atoms with Crippen LogP contribution in [-0.2, 0) is 4.79 Å². The highest BCUT2D eigenvalue weighted by Crippen LogP contribution is 2.48. The van der Waals surface area contributed by atoms with Crippen molar-refractivity contribution in [3.05, 3.63) is 23.8 Å². The lowest BCUT2D eigenvalue weighted by Crippen LogP contribution is -2.32. The van der Waals surface area contributed by atoms with Crippen molar-refractivity contribution in [1.29, 1.82) is 0 Å². The summed E-state index contributed by atoms with van der Waals surface area (Å²) < 4.78 is 0. The standard InChI is InChI=1S/C25H41NO3/c1-25(29,20-10-5-6-11-20)14-8-12-21-22-16-18(15-19(22)17-23(21)27)9-4-7-13-24(28)26(2)3/h8,12,15,19-23,27,29H,4-7,9-11,13-14,16-17H2,1-3H3/b12-8+/t19-,21+,22-,23+,25-/m0/s1. The Morgan fingerprint density at radius 1 is 1.28 bits per heavy atom. The minimum Gasteiger partial charge on any atom is -0.392 e. The molecular formula is C25H41NO3. The van der Waals surface area contributed by atoms with Gasteiger partial charge in [0, 0.05) is 26.4 Å². The molecule has 0 saturated heterocycles. The first kappa shape index (κ1) is 22.6. The molecule has 0 radical (unpaired) electrons. The molecule has 4 nitrogen and oxygen atoms in total. The summed E-state index contributed by atoms with van der Waals surface area (Å²) in [6.07, 6.45) is 17.6. The SMILES string of the molecule is CN(C)C(=O)CCCCC1=C[C@H]2C[C@@H](O)[C@H](/C=C/C[C@](C)(O)C3CCCC3)[C@H]2C1. The fourth-order valence-electron chi connectivity index (χ4n) is 5.82. The zero-order chi connectivity index (χ0) is 21.0. The highest BCUT2D eigenvalue weighted by molar-refractivity contribution is 5.75. The number of carbonyl (C=O) groups is 1. The Bertz CT molecular complexity index is 616. The summed E-state index contributed by atoms with van der Waals surface area (Å²) in [7, 11) is 3.63. The normalized spacial score (nSPS) is 31.8. The van der Waals surface area contributed by atoms with E-state index in [9.17, 15) is 15.0 Å². The van der Waals surface area contributed by atoms with Gasteiger partial charge in [0.25, 0.3) is 0 Å². The Hall–Kier alpha value is -1.13. The number of aliphatic hydroxyl groups excluding tert-OH is 1. The number of carbonyl (C=O) groups excluding carboxylic acids is 1. The molecule has 2 fully saturated rings. The van der Waals surface area contributed by atoms with Crippen molar-refractivity contribution in [3.63, 3.8) is 0 Å². The minimum atomic E-state index is -0.612. The molecule has 0 bridgehead atoms. The maximum Gasteiger partial charge on any atom is 0.222 e. The lowest BCUT2D eigenvalue weighted by Gasteiger charge is -2.29. The molecule has 0 unspecified atom stereocenters. The van der Waals surface area contributed by atoms with E-state index in [0.29, 0.717) is 30.6 Å². The van der Waals surface area contributed by atoms with Gasteiger partial charge in [0.2, 0.25) is 5.91 Å². The summed E-state index contributed by atoms with van der Waals surface area (Å²) in [6.45, 7) is 1.98. The second kappa shape index (κ2) is 9.78. The molecule has 0 aromatic carbocycles. The van der Waals surface area contributed by atoms with Crippen LogP contribution in [0.15, 0.2) is 23.8 Å². The van der Waals surface area contributed by atoms with Crippen molar-refractivity contribution in [2.24, 2.45) is 23.7 Å². The van der Waals surface area contributed by atoms with Gasteiger partial charge in [0.05, 0.1) is 11.7 Å². The summed E-state index contributed by atoms with van der Waals surface area (Å²) in [6, 6.07) is 0. The van der Waals surface area contributed by atoms with E-state index in [1.165, 1.54) is 18.4 Å². The molecule has 0 spiro atoms. The first-order chi connectivity index (χ1) is 13.8. The van der Waals surface area contributed by atoms with Gasteiger partial charge in [-0.2, -0.15) is 0 Å². The van der Waals surface area contributed by atoms with E-state index < -0.39 is 5.60 Å². The minimum absolute atomic E-state index is 0.212. The van der Waals surface area contributed by atoms with Crippen LogP contribution in [0.5, 0.6) is 0 Å². The number of fused-ring (bicyclic) bond motifs is 1. The maximum absolute atomic E-state index is 11.7. The lowest BCUT2D eigenvalue weighted by atomic mass is 9.83. The molecule has 164 valence electrons. The predicted octanol–water partition coefficient (Wildman–Crippen LogP) is 4.47. The highest BCUT2D eigenvalue weighted by Gasteiger charge is 2.43. The van der Waals surface area contributed by atoms with Gasteiger partial charge >= 0.3 is 0 Å². The molecule has 2 saturated carbocycles. The molecule has 0 aromatic heterocycles. The fraction of sp³-hybridized carbons (Fsp3) is 0.800. The smallest absolute Gasteiger partial charge is 0.222 e. The highest BCUT2D eigenvalue weighted by atomic mass is 16.3. The van der Waals surface area contributed by atoms with Crippen LogP contribution < -0.4 is 0 Å². The molecule has 4 heteroatoms. The number of hydrogen-bond acceptors (Lipinski definition) is 3. The van der Waals surface area contributed by atoms with Gasteiger partial charge in [-0.1, -0.05) is 36.6 Å². The average Bonchev–Trinajstić information content (AvgIpc) is 3.37. The number of rotatable bonds is 9. The molecule has 0 heterocycles. The molecule has 3 aliphatic carbocycles. The van der Waals surface area contributed by atoms with Gasteiger partial charge in [-0.05, 0) is 76.0 Å². The Morgan fingerprint density at radius 2 is 2.00 bits per heavy atom. The Kier molecular flexibility index (Phi) is 7.61. The van der Waals surface area contributed by atoms with E-state index in [2.05, 4.69) is 18.2 Å². The second-order valence-electron chi connectivity index (χ2n) is 10.2. The molecule has 5 atom stereocenters. The largest absolute Gasteiger partial charge is 0.392 e. The van der Waals surface area contributed by atoms with Gasteiger partial charge in [0.1, 0.15) is 0 Å². The van der Waals surface area contributed by atoms with Crippen LogP contribution in [0.25, 0.3) is 0 Å². The third-order valence-electron chi connectivity index (χ3n) is 7.71. The zero-order valence-electron chi connectivity index (χ0n) is 18.6. The third-order valence-corrected chi connectivity index (χ3v) is 7.71. The van der Waals surface area contributed by atoms with Crippen LogP contribution in [0.2, 0.25) is 0 Å². The first-order valence-electron chi connectivity index (χ1n) is 11.7. The van der Waals surface area contributed by atoms with Crippen LogP contribution >= 0.6 is 0 Å². The van der Waals surface area contributed by atoms with Gasteiger partial charge in [-0.25, -0.2) is 0 Å². The molecule has 29 heavy (non-hydrogen) atoms. The lowest BCUT2D eigenvalue weighted by molar-refractivity contribution is -0.128. The maximum atomic E-state index is 11.7. The second-order valence-corrected chi connectivity index (χ2v) is 10.2. The summed E-state index contributed by atoms with van der Waals surface area (Å²) >= 11 is 0. The van der Waals surface area contributed by atoms with Crippen molar-refractivity contribution in [3.8, 4) is 0 Å². The van der Waals surface area contributed by atoms with Crippen LogP contribution in [0, 0.1) is 23.7 Å². The van der Waals surface area contributed by atoms with E-state index in [4.69, 9.17) is 0 Å². The summed E-state index contributed by atoms with van der Waals surface area (Å²) in [4.78, 5) is 13.4. The van der Waals surface area contributed by atoms with Crippen LogP contribution in [-0.4, -0.2) is 46.8 Å². The molecule has 0 aromatic rings. The first-order valence-corrected chi connectivity index (χ1v) is 11.7. The van der Waals surface area contributed by atoms with Gasteiger partial charge in [-0.15, -0.1) is 0 Å². The van der Waals surface area contributed by atoms with E-state index in [1.54, 1.807) is 4.90 Å². The number of allylic oxidation sites excluding steroid dienone is 2. The average molecular weight is 404 g/mol. The predicted molar refractivity (Wildman–Crippen MR) is 117 cm³/mol. The zero-order valence-corrected chi connectivity index (χ0v) is 18.6. The van der Waals surface area contributed by atoms with Crippen LogP contribution in [0.1, 0.15) is 77.6 Å². The monoisotopic (exact) mass is 403 g/mol. The van der Waals surface area contributed by atoms with E-state index in [1.807, 2.05) is 21.0 Å². The van der Waals surface area contributed by atoms with Crippen LogP contribution in [0.3, 0.4) is 0 Å². The Labute approximate surface area is 177 Å². The number of hydrogen-bond donors (Lipinski definition) is 2. The van der Waals surface area contributed by atoms with E-state index in [-0.39, 0.29) is 17.9 Å². The number of unbranched alkanes of at least 4 members (excludes halogenated alkanes) is 1. The molecule has 2 N–H and O–H groups in total. The Morgan fingerprint density at radius 3 is 2.69 bits per heavy atom. The number of amides is 1. The number of aliphatic hydroxyl groups is 2. The summed E-state index contributed by atoms with van der Waals surface area (Å²) in [5.41, 5.74) is 0.902. The Balaban J connectivity index is 1.45. The molecule has 3 aliphatic rings. The molecule has 1 amide bonds. The van der Waals surface area contributed by atoms with Gasteiger partial charge in [-0.3, -0.25) is 4.79 Å². The number of nitrogens with zero attached hydrogens (tertiary/aromatic N) is 1. The summed E-state index contributed by atoms with van der Waals surface area (Å²) in [5, 5.41) is 21.4. The molecule has 0 aliphatic heterocycles. The van der Waals surface area contributed by atoms with Crippen LogP contribution in [0.4, 0.5) is 0 Å². The van der Waals surface area contributed by atoms with Crippen molar-refractivity contribution in [2.45, 2.75) is 89.3 Å². The van der Waals surface area contributed by atoms with E-state index >= 15 is 0 Å².